The molecule has 2 fully saturated rings. The SMILES string of the molecule is O=C1NC(=Nc2cccc(Cl)c2Cl)S/C1=C\c1ccc(N2CCCCC2)cc1. The summed E-state index contributed by atoms with van der Waals surface area (Å²) >= 11 is 13.5. The van der Waals surface area contributed by atoms with Crippen LogP contribution >= 0.6 is 35.0 Å². The van der Waals surface area contributed by atoms with Gasteiger partial charge in [-0.15, -0.1) is 0 Å². The first-order valence-electron chi connectivity index (χ1n) is 9.19. The van der Waals surface area contributed by atoms with Crippen LogP contribution in [0.5, 0.6) is 0 Å². The van der Waals surface area contributed by atoms with Crippen molar-refractivity contribution in [3.8, 4) is 0 Å². The number of carbonyl (C=O) groups excluding carboxylic acids is 1. The van der Waals surface area contributed by atoms with Crippen LogP contribution in [0.2, 0.25) is 10.0 Å². The number of thioether (sulfide) groups is 1. The van der Waals surface area contributed by atoms with Crippen LogP contribution in [-0.4, -0.2) is 24.2 Å². The van der Waals surface area contributed by atoms with Gasteiger partial charge in [0, 0.05) is 18.8 Å². The third-order valence-corrected chi connectivity index (χ3v) is 6.43. The molecule has 2 saturated heterocycles. The largest absolute Gasteiger partial charge is 0.372 e. The van der Waals surface area contributed by atoms with Gasteiger partial charge in [-0.2, -0.15) is 0 Å². The molecule has 4 rings (SSSR count). The molecule has 2 aliphatic rings. The standard InChI is InChI=1S/C21H19Cl2N3OS/c22-16-5-4-6-17(19(16)23)24-21-25-20(27)18(28-21)13-14-7-9-15(10-8-14)26-11-2-1-3-12-26/h4-10,13H,1-3,11-12H2,(H,24,25,27)/b18-13-. The van der Waals surface area contributed by atoms with Gasteiger partial charge in [0.25, 0.3) is 5.91 Å². The molecule has 0 saturated carbocycles. The Balaban J connectivity index is 1.50. The summed E-state index contributed by atoms with van der Waals surface area (Å²) in [7, 11) is 0. The van der Waals surface area contributed by atoms with Crippen molar-refractivity contribution in [3.05, 3.63) is 63.0 Å². The predicted octanol–water partition coefficient (Wildman–Crippen LogP) is 5.88. The molecule has 0 aliphatic carbocycles. The van der Waals surface area contributed by atoms with E-state index in [1.54, 1.807) is 18.2 Å². The number of amides is 1. The van der Waals surface area contributed by atoms with Gasteiger partial charge in [-0.25, -0.2) is 4.99 Å². The van der Waals surface area contributed by atoms with Crippen LogP contribution in [0.3, 0.4) is 0 Å². The van der Waals surface area contributed by atoms with Crippen LogP contribution in [-0.2, 0) is 4.79 Å². The van der Waals surface area contributed by atoms with E-state index >= 15 is 0 Å². The van der Waals surface area contributed by atoms with Crippen molar-refractivity contribution in [1.82, 2.24) is 5.32 Å². The van der Waals surface area contributed by atoms with E-state index in [1.165, 1.54) is 36.7 Å². The lowest BCUT2D eigenvalue weighted by Gasteiger charge is -2.28. The topological polar surface area (TPSA) is 44.7 Å². The van der Waals surface area contributed by atoms with E-state index < -0.39 is 0 Å². The lowest BCUT2D eigenvalue weighted by molar-refractivity contribution is -0.115. The Morgan fingerprint density at radius 2 is 1.79 bits per heavy atom. The zero-order valence-electron chi connectivity index (χ0n) is 15.1. The summed E-state index contributed by atoms with van der Waals surface area (Å²) in [4.78, 5) is 19.7. The fourth-order valence-electron chi connectivity index (χ4n) is 3.25. The van der Waals surface area contributed by atoms with Crippen LogP contribution < -0.4 is 10.2 Å². The van der Waals surface area contributed by atoms with E-state index in [9.17, 15) is 4.79 Å². The zero-order chi connectivity index (χ0) is 19.5. The Labute approximate surface area is 178 Å². The second kappa shape index (κ2) is 8.60. The van der Waals surface area contributed by atoms with Crippen molar-refractivity contribution in [2.75, 3.05) is 18.0 Å². The van der Waals surface area contributed by atoms with Gasteiger partial charge in [0.15, 0.2) is 5.17 Å². The fraction of sp³-hybridized carbons (Fsp3) is 0.238. The van der Waals surface area contributed by atoms with Gasteiger partial charge in [-0.1, -0.05) is 41.4 Å². The molecule has 0 radical (unpaired) electrons. The molecule has 2 aromatic carbocycles. The van der Waals surface area contributed by atoms with Gasteiger partial charge in [0.1, 0.15) is 0 Å². The van der Waals surface area contributed by atoms with Gasteiger partial charge < -0.3 is 10.2 Å². The average molecular weight is 432 g/mol. The average Bonchev–Trinajstić information content (AvgIpc) is 3.05. The minimum atomic E-state index is -0.165. The monoisotopic (exact) mass is 431 g/mol. The minimum absolute atomic E-state index is 0.165. The van der Waals surface area contributed by atoms with Crippen LogP contribution in [0.1, 0.15) is 24.8 Å². The summed E-state index contributed by atoms with van der Waals surface area (Å²) in [6.07, 6.45) is 5.70. The second-order valence-electron chi connectivity index (χ2n) is 6.69. The molecule has 1 amide bonds. The molecule has 1 N–H and O–H groups in total. The van der Waals surface area contributed by atoms with Crippen LogP contribution in [0.25, 0.3) is 6.08 Å². The summed E-state index contributed by atoms with van der Waals surface area (Å²) < 4.78 is 0. The summed E-state index contributed by atoms with van der Waals surface area (Å²) in [5.41, 5.74) is 2.76. The molecular weight excluding hydrogens is 413 g/mol. The molecule has 2 aromatic rings. The molecule has 0 bridgehead atoms. The quantitative estimate of drug-likeness (QED) is 0.617. The van der Waals surface area contributed by atoms with Crippen molar-refractivity contribution in [2.45, 2.75) is 19.3 Å². The molecule has 2 aliphatic heterocycles. The molecule has 0 spiro atoms. The molecule has 0 aromatic heterocycles. The number of amidine groups is 1. The number of nitrogens with zero attached hydrogens (tertiary/aromatic N) is 2. The Kier molecular flexibility index (Phi) is 5.95. The third-order valence-electron chi connectivity index (χ3n) is 4.72. The van der Waals surface area contributed by atoms with E-state index in [0.717, 1.165) is 18.7 Å². The minimum Gasteiger partial charge on any atom is -0.372 e. The summed E-state index contributed by atoms with van der Waals surface area (Å²) in [6.45, 7) is 2.23. The van der Waals surface area contributed by atoms with E-state index in [4.69, 9.17) is 23.2 Å². The van der Waals surface area contributed by atoms with E-state index in [2.05, 4.69) is 27.3 Å². The number of piperidine rings is 1. The molecular formula is C21H19Cl2N3OS. The van der Waals surface area contributed by atoms with Crippen LogP contribution in [0, 0.1) is 0 Å². The van der Waals surface area contributed by atoms with Gasteiger partial charge in [-0.05, 0) is 66.9 Å². The number of aliphatic imine (C=N–C) groups is 1. The number of halogens is 2. The van der Waals surface area contributed by atoms with Crippen LogP contribution in [0.4, 0.5) is 11.4 Å². The highest BCUT2D eigenvalue weighted by Gasteiger charge is 2.24. The summed E-state index contributed by atoms with van der Waals surface area (Å²) in [5.74, 6) is -0.165. The Bertz CT molecular complexity index is 951. The number of carbonyl (C=O) groups is 1. The molecule has 0 atom stereocenters. The number of hydrogen-bond donors (Lipinski definition) is 1. The van der Waals surface area contributed by atoms with E-state index in [0.29, 0.717) is 25.8 Å². The fourth-order valence-corrected chi connectivity index (χ4v) is 4.43. The maximum Gasteiger partial charge on any atom is 0.264 e. The first-order chi connectivity index (χ1) is 13.6. The lowest BCUT2D eigenvalue weighted by atomic mass is 10.1. The van der Waals surface area contributed by atoms with Crippen molar-refractivity contribution >= 4 is 63.5 Å². The first kappa shape index (κ1) is 19.4. The smallest absolute Gasteiger partial charge is 0.264 e. The highest BCUT2D eigenvalue weighted by Crippen LogP contribution is 2.34. The summed E-state index contributed by atoms with van der Waals surface area (Å²) in [6, 6.07) is 13.6. The molecule has 28 heavy (non-hydrogen) atoms. The predicted molar refractivity (Wildman–Crippen MR) is 120 cm³/mol. The van der Waals surface area contributed by atoms with Gasteiger partial charge in [-0.3, -0.25) is 4.79 Å². The molecule has 2 heterocycles. The Morgan fingerprint density at radius 3 is 2.54 bits per heavy atom. The van der Waals surface area contributed by atoms with Crippen molar-refractivity contribution in [2.24, 2.45) is 4.99 Å². The van der Waals surface area contributed by atoms with Crippen LogP contribution in [0.15, 0.2) is 52.4 Å². The van der Waals surface area contributed by atoms with Crippen molar-refractivity contribution in [3.63, 3.8) is 0 Å². The zero-order valence-corrected chi connectivity index (χ0v) is 17.4. The van der Waals surface area contributed by atoms with Gasteiger partial charge >= 0.3 is 0 Å². The third kappa shape index (κ3) is 4.37. The Morgan fingerprint density at radius 1 is 1.04 bits per heavy atom. The van der Waals surface area contributed by atoms with Crippen molar-refractivity contribution in [1.29, 1.82) is 0 Å². The Hall–Kier alpha value is -1.95. The first-order valence-corrected chi connectivity index (χ1v) is 10.8. The number of benzene rings is 2. The molecule has 144 valence electrons. The molecule has 0 unspecified atom stereocenters. The number of nitrogens with one attached hydrogen (secondary N) is 1. The lowest BCUT2D eigenvalue weighted by Crippen LogP contribution is -2.29. The maximum atomic E-state index is 12.3. The second-order valence-corrected chi connectivity index (χ2v) is 8.51. The number of rotatable bonds is 3. The van der Waals surface area contributed by atoms with Crippen molar-refractivity contribution < 1.29 is 4.79 Å². The van der Waals surface area contributed by atoms with E-state index in [-0.39, 0.29) is 5.91 Å². The number of anilines is 1. The highest BCUT2D eigenvalue weighted by atomic mass is 35.5. The maximum absolute atomic E-state index is 12.3. The molecule has 4 nitrogen and oxygen atoms in total. The molecule has 7 heteroatoms. The summed E-state index contributed by atoms with van der Waals surface area (Å²) in [5, 5.41) is 4.07. The number of hydrogen-bond acceptors (Lipinski definition) is 4. The normalized spacial score (nSPS) is 20.1. The highest BCUT2D eigenvalue weighted by molar-refractivity contribution is 8.18. The van der Waals surface area contributed by atoms with Gasteiger partial charge in [0.2, 0.25) is 0 Å². The van der Waals surface area contributed by atoms with Gasteiger partial charge in [0.05, 0.1) is 20.6 Å². The van der Waals surface area contributed by atoms with E-state index in [1.807, 2.05) is 18.2 Å².